The van der Waals surface area contributed by atoms with Crippen LogP contribution in [0.4, 0.5) is 0 Å². The third-order valence-electron chi connectivity index (χ3n) is 1.66. The molecule has 1 rings (SSSR count). The monoisotopic (exact) mass is 193 g/mol. The van der Waals surface area contributed by atoms with Crippen LogP contribution in [0, 0.1) is 11.3 Å². The van der Waals surface area contributed by atoms with Crippen LogP contribution < -0.4 is 4.74 Å². The molecule has 4 heteroatoms. The quantitative estimate of drug-likeness (QED) is 0.732. The van der Waals surface area contributed by atoms with E-state index in [1.807, 2.05) is 6.07 Å². The Morgan fingerprint density at radius 2 is 2.21 bits per heavy atom. The molecule has 4 nitrogen and oxygen atoms in total. The minimum absolute atomic E-state index is 0.119. The Morgan fingerprint density at radius 1 is 1.43 bits per heavy atom. The topological polar surface area (TPSA) is 62.5 Å². The molecule has 1 aromatic rings. The van der Waals surface area contributed by atoms with Gasteiger partial charge in [-0.1, -0.05) is 6.07 Å². The molecule has 0 heterocycles. The fraction of sp³-hybridized carbons (Fsp3) is 0.300. The van der Waals surface area contributed by atoms with Gasteiger partial charge in [0.05, 0.1) is 12.2 Å². The Labute approximate surface area is 82.3 Å². The van der Waals surface area contributed by atoms with Crippen LogP contribution in [-0.4, -0.2) is 25.4 Å². The number of aromatic hydroxyl groups is 1. The molecule has 0 aromatic heterocycles. The van der Waals surface area contributed by atoms with E-state index in [1.165, 1.54) is 6.07 Å². The largest absolute Gasteiger partial charge is 0.503 e. The van der Waals surface area contributed by atoms with Gasteiger partial charge in [0.2, 0.25) is 0 Å². The number of nitriles is 1. The minimum atomic E-state index is -0.119. The van der Waals surface area contributed by atoms with E-state index < -0.39 is 0 Å². The lowest BCUT2D eigenvalue weighted by atomic mass is 10.2. The van der Waals surface area contributed by atoms with Crippen molar-refractivity contribution < 1.29 is 14.6 Å². The average Bonchev–Trinajstić information content (AvgIpc) is 2.21. The van der Waals surface area contributed by atoms with Crippen molar-refractivity contribution >= 4 is 0 Å². The first-order valence-corrected chi connectivity index (χ1v) is 4.13. The highest BCUT2D eigenvalue weighted by atomic mass is 16.5. The van der Waals surface area contributed by atoms with E-state index in [2.05, 4.69) is 0 Å². The zero-order valence-electron chi connectivity index (χ0n) is 7.86. The molecule has 0 atom stereocenters. The summed E-state index contributed by atoms with van der Waals surface area (Å²) in [5.41, 5.74) is 0.208. The molecule has 0 aliphatic carbocycles. The molecule has 1 N–H and O–H groups in total. The average molecular weight is 193 g/mol. The maximum absolute atomic E-state index is 9.50. The van der Waals surface area contributed by atoms with E-state index in [-0.39, 0.29) is 11.3 Å². The van der Waals surface area contributed by atoms with Gasteiger partial charge in [0.25, 0.3) is 0 Å². The van der Waals surface area contributed by atoms with Crippen molar-refractivity contribution in [2.45, 2.75) is 0 Å². The number of hydrogen-bond acceptors (Lipinski definition) is 4. The second-order valence-electron chi connectivity index (χ2n) is 2.61. The molecule has 0 amide bonds. The van der Waals surface area contributed by atoms with Gasteiger partial charge in [0, 0.05) is 7.11 Å². The van der Waals surface area contributed by atoms with E-state index in [0.717, 1.165) is 0 Å². The number of rotatable bonds is 4. The minimum Gasteiger partial charge on any atom is -0.503 e. The van der Waals surface area contributed by atoms with Crippen LogP contribution in [0.2, 0.25) is 0 Å². The maximum Gasteiger partial charge on any atom is 0.175 e. The van der Waals surface area contributed by atoms with Crippen molar-refractivity contribution in [1.82, 2.24) is 0 Å². The standard InChI is InChI=1S/C10H11NO3/c1-13-5-6-14-9-4-2-3-8(7-11)10(9)12/h2-4,12H,5-6H2,1H3. The molecule has 1 aromatic carbocycles. The van der Waals surface area contributed by atoms with Crippen molar-refractivity contribution in [3.8, 4) is 17.6 Å². The number of nitrogens with zero attached hydrogens (tertiary/aromatic N) is 1. The Kier molecular flexibility index (Phi) is 3.77. The third-order valence-corrected chi connectivity index (χ3v) is 1.66. The Morgan fingerprint density at radius 3 is 2.86 bits per heavy atom. The van der Waals surface area contributed by atoms with Crippen LogP contribution >= 0.6 is 0 Å². The van der Waals surface area contributed by atoms with E-state index in [0.29, 0.717) is 19.0 Å². The fourth-order valence-corrected chi connectivity index (χ4v) is 0.964. The molecule has 0 aliphatic rings. The lowest BCUT2D eigenvalue weighted by Gasteiger charge is -2.07. The van der Waals surface area contributed by atoms with E-state index in [1.54, 1.807) is 19.2 Å². The Balaban J connectivity index is 2.73. The van der Waals surface area contributed by atoms with Crippen LogP contribution in [0.3, 0.4) is 0 Å². The predicted molar refractivity (Wildman–Crippen MR) is 50.2 cm³/mol. The van der Waals surface area contributed by atoms with Gasteiger partial charge in [-0.15, -0.1) is 0 Å². The van der Waals surface area contributed by atoms with E-state index >= 15 is 0 Å². The smallest absolute Gasteiger partial charge is 0.175 e. The molecule has 0 saturated carbocycles. The van der Waals surface area contributed by atoms with Crippen LogP contribution in [0.5, 0.6) is 11.5 Å². The number of methoxy groups -OCH3 is 1. The second-order valence-corrected chi connectivity index (χ2v) is 2.61. The van der Waals surface area contributed by atoms with Gasteiger partial charge >= 0.3 is 0 Å². The first-order chi connectivity index (χ1) is 6.79. The van der Waals surface area contributed by atoms with Crippen LogP contribution in [0.25, 0.3) is 0 Å². The summed E-state index contributed by atoms with van der Waals surface area (Å²) in [6.07, 6.45) is 0. The molecule has 74 valence electrons. The van der Waals surface area contributed by atoms with Gasteiger partial charge in [-0.3, -0.25) is 0 Å². The summed E-state index contributed by atoms with van der Waals surface area (Å²) in [5, 5.41) is 18.1. The summed E-state index contributed by atoms with van der Waals surface area (Å²) < 4.78 is 9.98. The summed E-state index contributed by atoms with van der Waals surface area (Å²) in [5.74, 6) is 0.187. The van der Waals surface area contributed by atoms with Crippen LogP contribution in [0.1, 0.15) is 5.56 Å². The molecule has 0 radical (unpaired) electrons. The SMILES string of the molecule is COCCOc1cccc(C#N)c1O. The third kappa shape index (κ3) is 2.38. The van der Waals surface area contributed by atoms with Crippen molar-refractivity contribution in [2.24, 2.45) is 0 Å². The molecule has 0 aliphatic heterocycles. The maximum atomic E-state index is 9.50. The second kappa shape index (κ2) is 5.10. The van der Waals surface area contributed by atoms with Gasteiger partial charge in [0.1, 0.15) is 12.7 Å². The zero-order chi connectivity index (χ0) is 10.4. The molecule has 0 spiro atoms. The number of benzene rings is 1. The molecule has 0 bridgehead atoms. The summed E-state index contributed by atoms with van der Waals surface area (Å²) in [4.78, 5) is 0. The molecule has 0 saturated heterocycles. The lowest BCUT2D eigenvalue weighted by molar-refractivity contribution is 0.144. The Bertz CT molecular complexity index is 344. The number of hydrogen-bond donors (Lipinski definition) is 1. The van der Waals surface area contributed by atoms with Gasteiger partial charge in [-0.05, 0) is 12.1 Å². The molecule has 0 fully saturated rings. The highest BCUT2D eigenvalue weighted by Gasteiger charge is 2.06. The Hall–Kier alpha value is -1.73. The predicted octanol–water partition coefficient (Wildman–Crippen LogP) is 1.29. The van der Waals surface area contributed by atoms with Crippen LogP contribution in [0.15, 0.2) is 18.2 Å². The molecular formula is C10H11NO3. The summed E-state index contributed by atoms with van der Waals surface area (Å²) >= 11 is 0. The van der Waals surface area contributed by atoms with E-state index in [9.17, 15) is 5.11 Å². The highest BCUT2D eigenvalue weighted by Crippen LogP contribution is 2.28. The molecule has 14 heavy (non-hydrogen) atoms. The summed E-state index contributed by atoms with van der Waals surface area (Å²) in [6.45, 7) is 0.787. The number of phenols is 1. The van der Waals surface area contributed by atoms with Crippen molar-refractivity contribution in [1.29, 1.82) is 5.26 Å². The first-order valence-electron chi connectivity index (χ1n) is 4.13. The summed E-state index contributed by atoms with van der Waals surface area (Å²) in [7, 11) is 1.56. The van der Waals surface area contributed by atoms with Crippen molar-refractivity contribution in [2.75, 3.05) is 20.3 Å². The molecular weight excluding hydrogens is 182 g/mol. The van der Waals surface area contributed by atoms with Crippen LogP contribution in [-0.2, 0) is 4.74 Å². The van der Waals surface area contributed by atoms with Crippen molar-refractivity contribution in [3.63, 3.8) is 0 Å². The summed E-state index contributed by atoms with van der Waals surface area (Å²) in [6, 6.07) is 6.65. The van der Waals surface area contributed by atoms with Gasteiger partial charge in [0.15, 0.2) is 11.5 Å². The number of para-hydroxylation sites is 1. The van der Waals surface area contributed by atoms with Gasteiger partial charge in [-0.2, -0.15) is 5.26 Å². The fourth-order valence-electron chi connectivity index (χ4n) is 0.964. The zero-order valence-corrected chi connectivity index (χ0v) is 7.86. The van der Waals surface area contributed by atoms with Crippen molar-refractivity contribution in [3.05, 3.63) is 23.8 Å². The highest BCUT2D eigenvalue weighted by molar-refractivity contribution is 5.51. The number of ether oxygens (including phenoxy) is 2. The number of phenolic OH excluding ortho intramolecular Hbond substituents is 1. The molecule has 0 unspecified atom stereocenters. The van der Waals surface area contributed by atoms with E-state index in [4.69, 9.17) is 14.7 Å². The first kappa shape index (κ1) is 10.4. The lowest BCUT2D eigenvalue weighted by Crippen LogP contribution is -2.04. The van der Waals surface area contributed by atoms with Gasteiger partial charge in [-0.25, -0.2) is 0 Å². The van der Waals surface area contributed by atoms with Gasteiger partial charge < -0.3 is 14.6 Å². The normalized spacial score (nSPS) is 9.43.